The molecule has 20 heavy (non-hydrogen) atoms. The molecule has 6 heteroatoms. The molecule has 3 N–H and O–H groups in total. The van der Waals surface area contributed by atoms with Gasteiger partial charge in [-0.1, -0.05) is 6.07 Å². The molecule has 0 saturated carbocycles. The predicted octanol–water partition coefficient (Wildman–Crippen LogP) is 2.82. The van der Waals surface area contributed by atoms with Crippen LogP contribution in [0.1, 0.15) is 15.9 Å². The van der Waals surface area contributed by atoms with Crippen LogP contribution in [-0.4, -0.2) is 11.1 Å². The van der Waals surface area contributed by atoms with Gasteiger partial charge in [-0.3, -0.25) is 0 Å². The van der Waals surface area contributed by atoms with Crippen LogP contribution < -0.4 is 10.5 Å². The third kappa shape index (κ3) is 3.03. The Morgan fingerprint density at radius 1 is 1.15 bits per heavy atom. The molecule has 0 atom stereocenters. The summed E-state index contributed by atoms with van der Waals surface area (Å²) in [7, 11) is 0. The van der Waals surface area contributed by atoms with Crippen molar-refractivity contribution in [3.8, 4) is 5.75 Å². The second kappa shape index (κ2) is 5.56. The fourth-order valence-electron chi connectivity index (χ4n) is 1.58. The van der Waals surface area contributed by atoms with Gasteiger partial charge < -0.3 is 15.6 Å². The standard InChI is InChI=1S/C14H11F2NO3/c15-10-3-1-8(5-11(10)16)7-20-13-6-9(14(18)19)2-4-12(13)17/h1-6H,7,17H2,(H,18,19). The monoisotopic (exact) mass is 279 g/mol. The van der Waals surface area contributed by atoms with Crippen LogP contribution in [-0.2, 0) is 6.61 Å². The Kier molecular flexibility index (Phi) is 3.84. The molecule has 0 amide bonds. The van der Waals surface area contributed by atoms with E-state index in [4.69, 9.17) is 15.6 Å². The molecule has 2 aromatic carbocycles. The number of ether oxygens (including phenoxy) is 1. The molecule has 104 valence electrons. The number of rotatable bonds is 4. The van der Waals surface area contributed by atoms with E-state index in [0.29, 0.717) is 5.56 Å². The predicted molar refractivity (Wildman–Crippen MR) is 68.5 cm³/mol. The third-order valence-corrected chi connectivity index (χ3v) is 2.64. The van der Waals surface area contributed by atoms with Crippen molar-refractivity contribution in [2.45, 2.75) is 6.61 Å². The average Bonchev–Trinajstić information content (AvgIpc) is 2.41. The topological polar surface area (TPSA) is 72.6 Å². The molecule has 0 aliphatic heterocycles. The first kappa shape index (κ1) is 13.8. The molecule has 0 radical (unpaired) electrons. The molecular weight excluding hydrogens is 268 g/mol. The first-order chi connectivity index (χ1) is 9.47. The molecule has 0 aliphatic carbocycles. The molecule has 0 heterocycles. The van der Waals surface area contributed by atoms with Gasteiger partial charge in [-0.05, 0) is 35.9 Å². The van der Waals surface area contributed by atoms with Crippen LogP contribution in [0.3, 0.4) is 0 Å². The number of nitrogens with two attached hydrogens (primary N) is 1. The van der Waals surface area contributed by atoms with Gasteiger partial charge >= 0.3 is 5.97 Å². The molecule has 4 nitrogen and oxygen atoms in total. The van der Waals surface area contributed by atoms with Crippen molar-refractivity contribution < 1.29 is 23.4 Å². The van der Waals surface area contributed by atoms with Gasteiger partial charge in [0.2, 0.25) is 0 Å². The van der Waals surface area contributed by atoms with Crippen LogP contribution >= 0.6 is 0 Å². The van der Waals surface area contributed by atoms with E-state index in [9.17, 15) is 13.6 Å². The molecular formula is C14H11F2NO3. The second-order valence-corrected chi connectivity index (χ2v) is 4.09. The first-order valence-electron chi connectivity index (χ1n) is 5.67. The Balaban J connectivity index is 2.15. The number of halogens is 2. The quantitative estimate of drug-likeness (QED) is 0.844. The van der Waals surface area contributed by atoms with Gasteiger partial charge in [-0.15, -0.1) is 0 Å². The van der Waals surface area contributed by atoms with E-state index < -0.39 is 17.6 Å². The summed E-state index contributed by atoms with van der Waals surface area (Å²) in [5.74, 6) is -2.85. The van der Waals surface area contributed by atoms with E-state index in [1.807, 2.05) is 0 Å². The van der Waals surface area contributed by atoms with E-state index >= 15 is 0 Å². The van der Waals surface area contributed by atoms with E-state index in [0.717, 1.165) is 12.1 Å². The number of hydrogen-bond acceptors (Lipinski definition) is 3. The van der Waals surface area contributed by atoms with Gasteiger partial charge in [0.25, 0.3) is 0 Å². The highest BCUT2D eigenvalue weighted by Crippen LogP contribution is 2.24. The summed E-state index contributed by atoms with van der Waals surface area (Å²) < 4.78 is 31.1. The first-order valence-corrected chi connectivity index (χ1v) is 5.67. The van der Waals surface area contributed by atoms with Gasteiger partial charge in [0.05, 0.1) is 11.3 Å². The highest BCUT2D eigenvalue weighted by Gasteiger charge is 2.09. The number of nitrogen functional groups attached to an aromatic ring is 1. The van der Waals surface area contributed by atoms with E-state index in [2.05, 4.69) is 0 Å². The number of anilines is 1. The summed E-state index contributed by atoms with van der Waals surface area (Å²) in [5, 5.41) is 8.86. The van der Waals surface area contributed by atoms with Crippen molar-refractivity contribution in [2.24, 2.45) is 0 Å². The Morgan fingerprint density at radius 3 is 2.55 bits per heavy atom. The number of aromatic carboxylic acids is 1. The van der Waals surface area contributed by atoms with Crippen LogP contribution in [0.25, 0.3) is 0 Å². The van der Waals surface area contributed by atoms with Gasteiger partial charge in [-0.2, -0.15) is 0 Å². The van der Waals surface area contributed by atoms with Crippen LogP contribution in [0, 0.1) is 11.6 Å². The molecule has 0 aliphatic rings. The fourth-order valence-corrected chi connectivity index (χ4v) is 1.58. The Hall–Kier alpha value is -2.63. The van der Waals surface area contributed by atoms with Gasteiger partial charge in [0.15, 0.2) is 11.6 Å². The zero-order valence-electron chi connectivity index (χ0n) is 10.3. The highest BCUT2D eigenvalue weighted by molar-refractivity contribution is 5.89. The molecule has 0 spiro atoms. The molecule has 0 aromatic heterocycles. The minimum Gasteiger partial charge on any atom is -0.487 e. The SMILES string of the molecule is Nc1ccc(C(=O)O)cc1OCc1ccc(F)c(F)c1. The lowest BCUT2D eigenvalue weighted by Crippen LogP contribution is -2.02. The maximum absolute atomic E-state index is 13.0. The van der Waals surface area contributed by atoms with Crippen LogP contribution in [0.4, 0.5) is 14.5 Å². The number of benzene rings is 2. The van der Waals surface area contributed by atoms with E-state index in [1.54, 1.807) is 0 Å². The molecule has 0 fully saturated rings. The van der Waals surface area contributed by atoms with Crippen molar-refractivity contribution in [3.63, 3.8) is 0 Å². The molecule has 2 rings (SSSR count). The number of hydrogen-bond donors (Lipinski definition) is 2. The number of carboxylic acid groups (broad SMARTS) is 1. The minimum atomic E-state index is -1.11. The van der Waals surface area contributed by atoms with Crippen molar-refractivity contribution in [2.75, 3.05) is 5.73 Å². The molecule has 0 saturated heterocycles. The Morgan fingerprint density at radius 2 is 1.90 bits per heavy atom. The maximum atomic E-state index is 13.0. The van der Waals surface area contributed by atoms with Gasteiger partial charge in [0.1, 0.15) is 12.4 Å². The van der Waals surface area contributed by atoms with E-state index in [1.165, 1.54) is 24.3 Å². The minimum absolute atomic E-state index is 0.0273. The maximum Gasteiger partial charge on any atom is 0.335 e. The Bertz CT molecular complexity index is 659. The van der Waals surface area contributed by atoms with E-state index in [-0.39, 0.29) is 23.6 Å². The summed E-state index contributed by atoms with van der Waals surface area (Å²) in [6.07, 6.45) is 0. The smallest absolute Gasteiger partial charge is 0.335 e. The average molecular weight is 279 g/mol. The normalized spacial score (nSPS) is 10.3. The van der Waals surface area contributed by atoms with Crippen molar-refractivity contribution in [1.29, 1.82) is 0 Å². The number of carboxylic acids is 1. The lowest BCUT2D eigenvalue weighted by atomic mass is 10.2. The van der Waals surface area contributed by atoms with Crippen LogP contribution in [0.5, 0.6) is 5.75 Å². The van der Waals surface area contributed by atoms with Gasteiger partial charge in [0, 0.05) is 0 Å². The molecule has 0 unspecified atom stereocenters. The summed E-state index contributed by atoms with van der Waals surface area (Å²) in [5.41, 5.74) is 6.35. The summed E-state index contributed by atoms with van der Waals surface area (Å²) >= 11 is 0. The lowest BCUT2D eigenvalue weighted by Gasteiger charge is -2.10. The third-order valence-electron chi connectivity index (χ3n) is 2.64. The van der Waals surface area contributed by atoms with Crippen molar-refractivity contribution >= 4 is 11.7 Å². The second-order valence-electron chi connectivity index (χ2n) is 4.09. The largest absolute Gasteiger partial charge is 0.487 e. The van der Waals surface area contributed by atoms with Crippen molar-refractivity contribution in [3.05, 3.63) is 59.2 Å². The lowest BCUT2D eigenvalue weighted by molar-refractivity contribution is 0.0696. The Labute approximate surface area is 113 Å². The highest BCUT2D eigenvalue weighted by atomic mass is 19.2. The summed E-state index contributed by atoms with van der Waals surface area (Å²) in [6, 6.07) is 7.40. The van der Waals surface area contributed by atoms with Crippen LogP contribution in [0.15, 0.2) is 36.4 Å². The molecule has 0 bridgehead atoms. The fraction of sp³-hybridized carbons (Fsp3) is 0.0714. The molecule has 2 aromatic rings. The summed E-state index contributed by atoms with van der Waals surface area (Å²) in [6.45, 7) is -0.0511. The summed E-state index contributed by atoms with van der Waals surface area (Å²) in [4.78, 5) is 10.8. The van der Waals surface area contributed by atoms with Gasteiger partial charge in [-0.25, -0.2) is 13.6 Å². The zero-order valence-corrected chi connectivity index (χ0v) is 10.3. The zero-order chi connectivity index (χ0) is 14.7. The number of carbonyl (C=O) groups is 1. The van der Waals surface area contributed by atoms with Crippen LogP contribution in [0.2, 0.25) is 0 Å². The van der Waals surface area contributed by atoms with Crippen molar-refractivity contribution in [1.82, 2.24) is 0 Å².